The SMILES string of the molecule is C=C(O)C(=C/S)/C(=C\CC)C(=O)O. The first-order valence-electron chi connectivity index (χ1n) is 3.71. The van der Waals surface area contributed by atoms with E-state index in [0.29, 0.717) is 6.42 Å². The van der Waals surface area contributed by atoms with Gasteiger partial charge in [-0.3, -0.25) is 0 Å². The van der Waals surface area contributed by atoms with Crippen LogP contribution in [0, 0.1) is 0 Å². The van der Waals surface area contributed by atoms with Crippen LogP contribution in [0.1, 0.15) is 13.3 Å². The molecule has 0 aromatic carbocycles. The smallest absolute Gasteiger partial charge is 0.336 e. The number of allylic oxidation sites excluding steroid dienone is 2. The van der Waals surface area contributed by atoms with E-state index in [9.17, 15) is 4.79 Å². The van der Waals surface area contributed by atoms with Crippen LogP contribution in [0.3, 0.4) is 0 Å². The molecule has 0 bridgehead atoms. The lowest BCUT2D eigenvalue weighted by Gasteiger charge is -2.04. The van der Waals surface area contributed by atoms with Crippen LogP contribution in [0.25, 0.3) is 0 Å². The number of hydrogen-bond acceptors (Lipinski definition) is 3. The Bertz CT molecular complexity index is 277. The standard InChI is InChI=1S/C9H12O3S/c1-3-4-7(9(11)12)8(5-13)6(2)10/h4-5,10,13H,2-3H2,1H3,(H,11,12)/b7-4+,8-5-. The van der Waals surface area contributed by atoms with Gasteiger partial charge in [0.05, 0.1) is 5.57 Å². The van der Waals surface area contributed by atoms with Crippen LogP contribution >= 0.6 is 12.6 Å². The maximum atomic E-state index is 10.7. The molecule has 4 heteroatoms. The highest BCUT2D eigenvalue weighted by molar-refractivity contribution is 7.83. The molecule has 0 unspecified atom stereocenters. The molecule has 0 amide bonds. The van der Waals surface area contributed by atoms with Crippen molar-refractivity contribution in [2.45, 2.75) is 13.3 Å². The van der Waals surface area contributed by atoms with E-state index in [1.807, 2.05) is 0 Å². The van der Waals surface area contributed by atoms with E-state index < -0.39 is 5.97 Å². The average Bonchev–Trinajstić information content (AvgIpc) is 2.03. The first-order valence-corrected chi connectivity index (χ1v) is 4.22. The summed E-state index contributed by atoms with van der Waals surface area (Å²) in [7, 11) is 0. The summed E-state index contributed by atoms with van der Waals surface area (Å²) in [6, 6.07) is 0. The molecule has 3 nitrogen and oxygen atoms in total. The molecule has 0 aliphatic rings. The molecule has 0 fully saturated rings. The summed E-state index contributed by atoms with van der Waals surface area (Å²) in [5.41, 5.74) is 0.155. The molecule has 0 atom stereocenters. The Balaban J connectivity index is 5.06. The largest absolute Gasteiger partial charge is 0.508 e. The Labute approximate surface area is 82.5 Å². The third-order valence-electron chi connectivity index (χ3n) is 1.37. The lowest BCUT2D eigenvalue weighted by molar-refractivity contribution is -0.132. The van der Waals surface area contributed by atoms with Gasteiger partial charge in [-0.2, -0.15) is 12.6 Å². The zero-order valence-corrected chi connectivity index (χ0v) is 8.21. The van der Waals surface area contributed by atoms with Crippen molar-refractivity contribution in [2.24, 2.45) is 0 Å². The summed E-state index contributed by atoms with van der Waals surface area (Å²) >= 11 is 3.79. The molecule has 13 heavy (non-hydrogen) atoms. The quantitative estimate of drug-likeness (QED) is 0.282. The van der Waals surface area contributed by atoms with Gasteiger partial charge >= 0.3 is 5.97 Å². The van der Waals surface area contributed by atoms with Crippen molar-refractivity contribution < 1.29 is 15.0 Å². The third kappa shape index (κ3) is 3.38. The molecule has 2 N–H and O–H groups in total. The lowest BCUT2D eigenvalue weighted by atomic mass is 10.1. The zero-order valence-electron chi connectivity index (χ0n) is 7.32. The maximum absolute atomic E-state index is 10.7. The number of rotatable bonds is 4. The van der Waals surface area contributed by atoms with Gasteiger partial charge in [0.15, 0.2) is 0 Å². The fourth-order valence-electron chi connectivity index (χ4n) is 0.816. The molecule has 0 heterocycles. The Morgan fingerprint density at radius 3 is 2.23 bits per heavy atom. The first-order chi connectivity index (χ1) is 6.04. The van der Waals surface area contributed by atoms with E-state index in [1.165, 1.54) is 11.5 Å². The number of aliphatic hydroxyl groups is 1. The molecular formula is C9H12O3S. The Hall–Kier alpha value is -1.16. The van der Waals surface area contributed by atoms with Gasteiger partial charge in [0.25, 0.3) is 0 Å². The van der Waals surface area contributed by atoms with Crippen molar-refractivity contribution in [1.82, 2.24) is 0 Å². The minimum Gasteiger partial charge on any atom is -0.508 e. The summed E-state index contributed by atoms with van der Waals surface area (Å²) in [5.74, 6) is -1.39. The Kier molecular flexibility index (Phi) is 4.99. The van der Waals surface area contributed by atoms with E-state index >= 15 is 0 Å². The van der Waals surface area contributed by atoms with Crippen molar-refractivity contribution in [3.8, 4) is 0 Å². The summed E-state index contributed by atoms with van der Waals surface area (Å²) in [4.78, 5) is 10.7. The fourth-order valence-corrected chi connectivity index (χ4v) is 1.10. The van der Waals surface area contributed by atoms with Gasteiger partial charge in [0.1, 0.15) is 5.76 Å². The molecule has 0 saturated carbocycles. The predicted molar refractivity (Wildman–Crippen MR) is 54.8 cm³/mol. The summed E-state index contributed by atoms with van der Waals surface area (Å²) in [6.07, 6.45) is 2.06. The topological polar surface area (TPSA) is 57.5 Å². The highest BCUT2D eigenvalue weighted by atomic mass is 32.1. The van der Waals surface area contributed by atoms with E-state index in [-0.39, 0.29) is 16.9 Å². The van der Waals surface area contributed by atoms with Crippen LogP contribution in [0.4, 0.5) is 0 Å². The summed E-state index contributed by atoms with van der Waals surface area (Å²) in [6.45, 7) is 5.05. The van der Waals surface area contributed by atoms with Crippen LogP contribution in [-0.4, -0.2) is 16.2 Å². The molecule has 0 radical (unpaired) electrons. The lowest BCUT2D eigenvalue weighted by Crippen LogP contribution is -2.04. The molecule has 0 saturated heterocycles. The minimum atomic E-state index is -1.10. The molecule has 0 aromatic heterocycles. The van der Waals surface area contributed by atoms with Crippen LogP contribution in [0.2, 0.25) is 0 Å². The maximum Gasteiger partial charge on any atom is 0.336 e. The molecule has 0 aliphatic carbocycles. The van der Waals surface area contributed by atoms with Gasteiger partial charge in [0.2, 0.25) is 0 Å². The number of carboxylic acids is 1. The van der Waals surface area contributed by atoms with Crippen molar-refractivity contribution in [3.05, 3.63) is 35.0 Å². The molecule has 0 rings (SSSR count). The Morgan fingerprint density at radius 1 is 1.46 bits per heavy atom. The second kappa shape index (κ2) is 5.48. The van der Waals surface area contributed by atoms with E-state index in [1.54, 1.807) is 6.92 Å². The van der Waals surface area contributed by atoms with E-state index in [4.69, 9.17) is 10.2 Å². The molecule has 0 aromatic rings. The van der Waals surface area contributed by atoms with Crippen LogP contribution in [-0.2, 0) is 4.79 Å². The summed E-state index contributed by atoms with van der Waals surface area (Å²) < 4.78 is 0. The predicted octanol–water partition coefficient (Wildman–Crippen LogP) is 2.29. The van der Waals surface area contributed by atoms with Gasteiger partial charge < -0.3 is 10.2 Å². The number of aliphatic carboxylic acids is 1. The number of hydrogen-bond donors (Lipinski definition) is 3. The second-order valence-corrected chi connectivity index (χ2v) is 2.58. The number of carbonyl (C=O) groups is 1. The molecule has 72 valence electrons. The average molecular weight is 200 g/mol. The Morgan fingerprint density at radius 2 is 2.00 bits per heavy atom. The van der Waals surface area contributed by atoms with Crippen molar-refractivity contribution in [3.63, 3.8) is 0 Å². The first kappa shape index (κ1) is 11.8. The second-order valence-electron chi connectivity index (χ2n) is 2.32. The number of aliphatic hydroxyl groups excluding tert-OH is 1. The highest BCUT2D eigenvalue weighted by Gasteiger charge is 2.13. The van der Waals surface area contributed by atoms with Crippen molar-refractivity contribution in [2.75, 3.05) is 0 Å². The highest BCUT2D eigenvalue weighted by Crippen LogP contribution is 2.18. The minimum absolute atomic E-state index is 0.0185. The number of carboxylic acid groups (broad SMARTS) is 1. The van der Waals surface area contributed by atoms with Crippen LogP contribution < -0.4 is 0 Å². The van der Waals surface area contributed by atoms with Gasteiger partial charge in [0, 0.05) is 5.57 Å². The molecule has 0 spiro atoms. The van der Waals surface area contributed by atoms with Gasteiger partial charge in [-0.1, -0.05) is 19.6 Å². The van der Waals surface area contributed by atoms with E-state index in [0.717, 1.165) is 0 Å². The number of thiol groups is 1. The van der Waals surface area contributed by atoms with Crippen molar-refractivity contribution >= 4 is 18.6 Å². The molecular weight excluding hydrogens is 188 g/mol. The van der Waals surface area contributed by atoms with Gasteiger partial charge in [-0.05, 0) is 11.8 Å². The molecule has 0 aliphatic heterocycles. The van der Waals surface area contributed by atoms with E-state index in [2.05, 4.69) is 19.2 Å². The zero-order chi connectivity index (χ0) is 10.4. The summed E-state index contributed by atoms with van der Waals surface area (Å²) in [5, 5.41) is 19.0. The van der Waals surface area contributed by atoms with Crippen LogP contribution in [0.5, 0.6) is 0 Å². The van der Waals surface area contributed by atoms with Gasteiger partial charge in [-0.15, -0.1) is 0 Å². The third-order valence-corrected chi connectivity index (χ3v) is 1.63. The normalized spacial score (nSPS) is 12.8. The van der Waals surface area contributed by atoms with Crippen LogP contribution in [0.15, 0.2) is 35.0 Å². The van der Waals surface area contributed by atoms with Gasteiger partial charge in [-0.25, -0.2) is 4.79 Å². The fraction of sp³-hybridized carbons (Fsp3) is 0.222. The monoisotopic (exact) mass is 200 g/mol. The van der Waals surface area contributed by atoms with Crippen molar-refractivity contribution in [1.29, 1.82) is 0 Å².